The Kier molecular flexibility index (Phi) is 5.85. The summed E-state index contributed by atoms with van der Waals surface area (Å²) >= 11 is 0. The van der Waals surface area contributed by atoms with E-state index in [1.807, 2.05) is 13.8 Å². The van der Waals surface area contributed by atoms with E-state index >= 15 is 0 Å². The highest BCUT2D eigenvalue weighted by atomic mass is 32.2. The van der Waals surface area contributed by atoms with Gasteiger partial charge < -0.3 is 14.2 Å². The molecule has 0 aliphatic carbocycles. The first-order valence-electron chi connectivity index (χ1n) is 7.46. The van der Waals surface area contributed by atoms with Crippen LogP contribution in [0.2, 0.25) is 0 Å². The second kappa shape index (κ2) is 7.48. The smallest absolute Gasteiger partial charge is 0.279 e. The molecular weight excluding hydrogens is 320 g/mol. The molecule has 0 spiro atoms. The molecule has 1 aromatic carbocycles. The van der Waals surface area contributed by atoms with Crippen molar-refractivity contribution in [2.75, 3.05) is 27.3 Å². The standard InChI is InChI=1S/C15H24N2O5S/c1-11-9-17(10-12(2)22-11)23(18,19)16-8-13-7-14(20-3)5-6-15(13)21-4/h5-7,11-12,16H,8-10H2,1-4H3/t11-,12-/m1/s1. The summed E-state index contributed by atoms with van der Waals surface area (Å²) in [6.45, 7) is 4.54. The van der Waals surface area contributed by atoms with E-state index in [4.69, 9.17) is 14.2 Å². The maximum absolute atomic E-state index is 12.5. The molecule has 0 saturated carbocycles. The highest BCUT2D eigenvalue weighted by Crippen LogP contribution is 2.24. The second-order valence-corrected chi connectivity index (χ2v) is 7.33. The molecule has 130 valence electrons. The van der Waals surface area contributed by atoms with Crippen LogP contribution in [-0.4, -0.2) is 52.2 Å². The van der Waals surface area contributed by atoms with Gasteiger partial charge in [-0.2, -0.15) is 17.4 Å². The van der Waals surface area contributed by atoms with Crippen molar-refractivity contribution < 1.29 is 22.6 Å². The van der Waals surface area contributed by atoms with Crippen molar-refractivity contribution in [3.63, 3.8) is 0 Å². The molecular formula is C15H24N2O5S. The molecule has 0 bridgehead atoms. The molecule has 1 aliphatic heterocycles. The highest BCUT2D eigenvalue weighted by Gasteiger charge is 2.30. The van der Waals surface area contributed by atoms with E-state index in [0.717, 1.165) is 0 Å². The Bertz CT molecular complexity index is 625. The van der Waals surface area contributed by atoms with Crippen molar-refractivity contribution in [1.29, 1.82) is 0 Å². The first-order valence-corrected chi connectivity index (χ1v) is 8.91. The van der Waals surface area contributed by atoms with Gasteiger partial charge >= 0.3 is 0 Å². The van der Waals surface area contributed by atoms with Crippen LogP contribution in [0.1, 0.15) is 19.4 Å². The summed E-state index contributed by atoms with van der Waals surface area (Å²) in [5.41, 5.74) is 0.713. The Morgan fingerprint density at radius 3 is 2.43 bits per heavy atom. The summed E-state index contributed by atoms with van der Waals surface area (Å²) in [4.78, 5) is 0. The highest BCUT2D eigenvalue weighted by molar-refractivity contribution is 7.87. The third-order valence-electron chi connectivity index (χ3n) is 3.66. The van der Waals surface area contributed by atoms with E-state index in [1.54, 1.807) is 32.4 Å². The minimum atomic E-state index is -3.58. The van der Waals surface area contributed by atoms with E-state index < -0.39 is 10.2 Å². The molecule has 0 unspecified atom stereocenters. The zero-order chi connectivity index (χ0) is 17.0. The molecule has 7 nitrogen and oxygen atoms in total. The Morgan fingerprint density at radius 1 is 1.22 bits per heavy atom. The van der Waals surface area contributed by atoms with Gasteiger partial charge in [-0.15, -0.1) is 0 Å². The van der Waals surface area contributed by atoms with Gasteiger partial charge in [0.2, 0.25) is 0 Å². The van der Waals surface area contributed by atoms with Crippen molar-refractivity contribution in [3.05, 3.63) is 23.8 Å². The molecule has 0 amide bonds. The number of nitrogens with zero attached hydrogens (tertiary/aromatic N) is 1. The van der Waals surface area contributed by atoms with Crippen LogP contribution < -0.4 is 14.2 Å². The maximum Gasteiger partial charge on any atom is 0.279 e. The number of morpholine rings is 1. The van der Waals surface area contributed by atoms with E-state index in [9.17, 15) is 8.42 Å². The number of hydrogen-bond acceptors (Lipinski definition) is 5. The first kappa shape index (κ1) is 18.0. The van der Waals surface area contributed by atoms with Crippen molar-refractivity contribution in [2.24, 2.45) is 0 Å². The molecule has 1 saturated heterocycles. The predicted molar refractivity (Wildman–Crippen MR) is 86.9 cm³/mol. The van der Waals surface area contributed by atoms with Gasteiger partial charge in [0, 0.05) is 25.2 Å². The van der Waals surface area contributed by atoms with Crippen LogP contribution in [0.4, 0.5) is 0 Å². The summed E-state index contributed by atoms with van der Waals surface area (Å²) < 4.78 is 45.0. The number of ether oxygens (including phenoxy) is 3. The molecule has 1 aromatic rings. The Morgan fingerprint density at radius 2 is 1.87 bits per heavy atom. The van der Waals surface area contributed by atoms with Crippen LogP contribution in [0, 0.1) is 0 Å². The summed E-state index contributed by atoms with van der Waals surface area (Å²) in [6.07, 6.45) is -0.247. The Hall–Kier alpha value is -1.35. The molecule has 0 aromatic heterocycles. The molecule has 2 rings (SSSR count). The van der Waals surface area contributed by atoms with Gasteiger partial charge in [0.15, 0.2) is 0 Å². The predicted octanol–water partition coefficient (Wildman–Crippen LogP) is 1.15. The molecule has 8 heteroatoms. The van der Waals surface area contributed by atoms with Crippen LogP contribution in [0.25, 0.3) is 0 Å². The van der Waals surface area contributed by atoms with Gasteiger partial charge in [0.05, 0.1) is 26.4 Å². The van der Waals surface area contributed by atoms with Crippen molar-refractivity contribution in [3.8, 4) is 11.5 Å². The second-order valence-electron chi connectivity index (χ2n) is 5.58. The van der Waals surface area contributed by atoms with E-state index in [2.05, 4.69) is 4.72 Å². The number of benzene rings is 1. The van der Waals surface area contributed by atoms with Crippen molar-refractivity contribution >= 4 is 10.2 Å². The molecule has 1 N–H and O–H groups in total. The summed E-state index contributed by atoms with van der Waals surface area (Å²) in [6, 6.07) is 5.27. The molecule has 0 radical (unpaired) electrons. The normalized spacial score (nSPS) is 22.8. The van der Waals surface area contributed by atoms with Gasteiger partial charge in [-0.1, -0.05) is 0 Å². The lowest BCUT2D eigenvalue weighted by Gasteiger charge is -2.34. The number of nitrogens with one attached hydrogen (secondary N) is 1. The van der Waals surface area contributed by atoms with E-state index in [0.29, 0.717) is 30.2 Å². The third kappa shape index (κ3) is 4.57. The minimum Gasteiger partial charge on any atom is -0.497 e. The van der Waals surface area contributed by atoms with Crippen LogP contribution in [-0.2, 0) is 21.5 Å². The minimum absolute atomic E-state index is 0.123. The lowest BCUT2D eigenvalue weighted by atomic mass is 10.2. The fourth-order valence-electron chi connectivity index (χ4n) is 2.61. The Balaban J connectivity index is 2.10. The lowest BCUT2D eigenvalue weighted by molar-refractivity contribution is -0.0444. The van der Waals surface area contributed by atoms with Gasteiger partial charge in [-0.3, -0.25) is 0 Å². The summed E-state index contributed by atoms with van der Waals surface area (Å²) in [5.74, 6) is 1.26. The van der Waals surface area contributed by atoms with Crippen molar-refractivity contribution in [2.45, 2.75) is 32.6 Å². The lowest BCUT2D eigenvalue weighted by Crippen LogP contribution is -2.51. The topological polar surface area (TPSA) is 77.1 Å². The quantitative estimate of drug-likeness (QED) is 0.838. The SMILES string of the molecule is COc1ccc(OC)c(CNS(=O)(=O)N2C[C@@H](C)O[C@H](C)C2)c1. The monoisotopic (exact) mass is 344 g/mol. The molecule has 1 fully saturated rings. The zero-order valence-corrected chi connectivity index (χ0v) is 14.7. The van der Waals surface area contributed by atoms with Gasteiger partial charge in [-0.25, -0.2) is 0 Å². The maximum atomic E-state index is 12.5. The third-order valence-corrected chi connectivity index (χ3v) is 5.15. The van der Waals surface area contributed by atoms with Gasteiger partial charge in [0.1, 0.15) is 11.5 Å². The average molecular weight is 344 g/mol. The number of hydrogen-bond donors (Lipinski definition) is 1. The first-order chi connectivity index (χ1) is 10.9. The fraction of sp³-hybridized carbons (Fsp3) is 0.600. The molecule has 1 aliphatic rings. The fourth-order valence-corrected chi connectivity index (χ4v) is 3.94. The van der Waals surface area contributed by atoms with Crippen LogP contribution in [0.3, 0.4) is 0 Å². The number of rotatable bonds is 6. The van der Waals surface area contributed by atoms with Gasteiger partial charge in [0.25, 0.3) is 10.2 Å². The molecule has 23 heavy (non-hydrogen) atoms. The number of methoxy groups -OCH3 is 2. The average Bonchev–Trinajstić information content (AvgIpc) is 2.51. The van der Waals surface area contributed by atoms with Crippen LogP contribution >= 0.6 is 0 Å². The summed E-state index contributed by atoms with van der Waals surface area (Å²) in [5, 5.41) is 0. The van der Waals surface area contributed by atoms with Crippen molar-refractivity contribution in [1.82, 2.24) is 9.03 Å². The van der Waals surface area contributed by atoms with Crippen LogP contribution in [0.15, 0.2) is 18.2 Å². The summed E-state index contributed by atoms with van der Waals surface area (Å²) in [7, 11) is -0.476. The van der Waals surface area contributed by atoms with E-state index in [1.165, 1.54) is 4.31 Å². The van der Waals surface area contributed by atoms with E-state index in [-0.39, 0.29) is 18.8 Å². The van der Waals surface area contributed by atoms with Gasteiger partial charge in [-0.05, 0) is 32.0 Å². The largest absolute Gasteiger partial charge is 0.497 e. The van der Waals surface area contributed by atoms with Crippen LogP contribution in [0.5, 0.6) is 11.5 Å². The molecule has 2 atom stereocenters. The zero-order valence-electron chi connectivity index (χ0n) is 13.9. The molecule has 1 heterocycles. The Labute approximate surface area is 137 Å².